The van der Waals surface area contributed by atoms with Gasteiger partial charge in [0.2, 0.25) is 0 Å². The maximum Gasteiger partial charge on any atom is 0.293 e. The molecule has 0 saturated carbocycles. The highest BCUT2D eigenvalue weighted by molar-refractivity contribution is 9.10. The van der Waals surface area contributed by atoms with E-state index < -0.39 is 0 Å². The molecule has 1 heterocycles. The minimum absolute atomic E-state index is 0.138. The Morgan fingerprint density at radius 3 is 2.49 bits per heavy atom. The summed E-state index contributed by atoms with van der Waals surface area (Å²) in [5.74, 6) is 1.11. The van der Waals surface area contributed by atoms with E-state index in [0.29, 0.717) is 38.7 Å². The summed E-state index contributed by atoms with van der Waals surface area (Å²) in [4.78, 5) is 39.9. The van der Waals surface area contributed by atoms with Crippen LogP contribution in [0.4, 0.5) is 10.5 Å². The van der Waals surface area contributed by atoms with Gasteiger partial charge in [-0.15, -0.1) is 0 Å². The lowest BCUT2D eigenvalue weighted by Gasteiger charge is -2.17. The molecule has 8 nitrogen and oxygen atoms in total. The van der Waals surface area contributed by atoms with Crippen LogP contribution in [0.1, 0.15) is 48.9 Å². The molecule has 43 heavy (non-hydrogen) atoms. The summed E-state index contributed by atoms with van der Waals surface area (Å²) in [6.07, 6.45) is 1.64. The summed E-state index contributed by atoms with van der Waals surface area (Å²) in [5.41, 5.74) is 4.51. The summed E-state index contributed by atoms with van der Waals surface area (Å²) in [5, 5.41) is 2.46. The standard InChI is InChI=1S/C33H35BrN2O6S/c1-6-40-28-17-23(16-26(34)31(28)42-19-30(37)35-24-9-7-8-21(4)14-24)18-29-32(38)36(33(39)43-29)12-13-41-27-15-22(5)10-11-25(27)20(2)3/h7-11,14-18,20H,6,12-13,19H2,1-5H3,(H,35,37)/b29-18-. The molecule has 1 fully saturated rings. The van der Waals surface area contributed by atoms with Crippen molar-refractivity contribution in [2.45, 2.75) is 40.5 Å². The van der Waals surface area contributed by atoms with E-state index in [9.17, 15) is 14.4 Å². The van der Waals surface area contributed by atoms with Crippen LogP contribution >= 0.6 is 27.7 Å². The van der Waals surface area contributed by atoms with Gasteiger partial charge in [0.05, 0.1) is 22.5 Å². The average Bonchev–Trinajstić information content (AvgIpc) is 3.20. The molecule has 0 atom stereocenters. The Hall–Kier alpha value is -3.76. The molecule has 0 unspecified atom stereocenters. The van der Waals surface area contributed by atoms with E-state index >= 15 is 0 Å². The van der Waals surface area contributed by atoms with Crippen molar-refractivity contribution in [2.75, 3.05) is 31.7 Å². The monoisotopic (exact) mass is 666 g/mol. The fraction of sp³-hybridized carbons (Fsp3) is 0.303. The van der Waals surface area contributed by atoms with E-state index in [0.717, 1.165) is 34.2 Å². The third-order valence-electron chi connectivity index (χ3n) is 6.52. The van der Waals surface area contributed by atoms with Crippen molar-refractivity contribution < 1.29 is 28.6 Å². The zero-order valence-electron chi connectivity index (χ0n) is 24.9. The van der Waals surface area contributed by atoms with Crippen LogP contribution in [-0.4, -0.2) is 48.3 Å². The molecule has 10 heteroatoms. The van der Waals surface area contributed by atoms with E-state index in [4.69, 9.17) is 14.2 Å². The average molecular weight is 668 g/mol. The lowest BCUT2D eigenvalue weighted by Crippen LogP contribution is -2.32. The predicted molar refractivity (Wildman–Crippen MR) is 174 cm³/mol. The summed E-state index contributed by atoms with van der Waals surface area (Å²) >= 11 is 4.39. The number of aryl methyl sites for hydroxylation is 2. The molecule has 3 amide bonds. The number of ether oxygens (including phenoxy) is 3. The Balaban J connectivity index is 1.43. The van der Waals surface area contributed by atoms with Gasteiger partial charge in [0.25, 0.3) is 17.1 Å². The molecular weight excluding hydrogens is 632 g/mol. The SMILES string of the molecule is CCOc1cc(/C=C2\SC(=O)N(CCOc3cc(C)ccc3C(C)C)C2=O)cc(Br)c1OCC(=O)Nc1cccc(C)c1. The number of carbonyl (C=O) groups is 3. The smallest absolute Gasteiger partial charge is 0.293 e. The molecule has 226 valence electrons. The van der Waals surface area contributed by atoms with Gasteiger partial charge < -0.3 is 19.5 Å². The first-order valence-corrected chi connectivity index (χ1v) is 15.6. The van der Waals surface area contributed by atoms with Gasteiger partial charge in [-0.05, 0) is 113 Å². The van der Waals surface area contributed by atoms with Gasteiger partial charge in [-0.3, -0.25) is 19.3 Å². The fourth-order valence-corrected chi connectivity index (χ4v) is 5.91. The summed E-state index contributed by atoms with van der Waals surface area (Å²) in [7, 11) is 0. The second-order valence-electron chi connectivity index (χ2n) is 10.3. The Bertz CT molecular complexity index is 1550. The van der Waals surface area contributed by atoms with Crippen LogP contribution in [0.3, 0.4) is 0 Å². The van der Waals surface area contributed by atoms with Crippen molar-refractivity contribution in [3.8, 4) is 17.2 Å². The van der Waals surface area contributed by atoms with Crippen molar-refractivity contribution in [1.82, 2.24) is 4.90 Å². The van der Waals surface area contributed by atoms with E-state index in [1.54, 1.807) is 18.2 Å². The highest BCUT2D eigenvalue weighted by atomic mass is 79.9. The van der Waals surface area contributed by atoms with Crippen molar-refractivity contribution in [3.05, 3.63) is 86.2 Å². The van der Waals surface area contributed by atoms with Crippen LogP contribution in [0, 0.1) is 13.8 Å². The first-order chi connectivity index (χ1) is 20.5. The fourth-order valence-electron chi connectivity index (χ4n) is 4.47. The van der Waals surface area contributed by atoms with E-state index in [1.165, 1.54) is 4.90 Å². The van der Waals surface area contributed by atoms with Gasteiger partial charge >= 0.3 is 0 Å². The highest BCUT2D eigenvalue weighted by Gasteiger charge is 2.35. The molecule has 0 spiro atoms. The van der Waals surface area contributed by atoms with Crippen molar-refractivity contribution in [1.29, 1.82) is 0 Å². The Morgan fingerprint density at radius 1 is 1.00 bits per heavy atom. The predicted octanol–water partition coefficient (Wildman–Crippen LogP) is 7.72. The first-order valence-electron chi connectivity index (χ1n) is 14.0. The molecule has 0 aliphatic carbocycles. The van der Waals surface area contributed by atoms with E-state index in [2.05, 4.69) is 35.1 Å². The second-order valence-corrected chi connectivity index (χ2v) is 12.2. The van der Waals surface area contributed by atoms with Crippen molar-refractivity contribution in [2.24, 2.45) is 0 Å². The van der Waals surface area contributed by atoms with Crippen LogP contribution in [-0.2, 0) is 9.59 Å². The summed E-state index contributed by atoms with van der Waals surface area (Å²) in [6, 6.07) is 17.0. The maximum absolute atomic E-state index is 13.2. The molecule has 1 N–H and O–H groups in total. The minimum Gasteiger partial charge on any atom is -0.491 e. The van der Waals surface area contributed by atoms with Crippen LogP contribution in [0.25, 0.3) is 6.08 Å². The summed E-state index contributed by atoms with van der Waals surface area (Å²) in [6.45, 7) is 10.4. The van der Waals surface area contributed by atoms with Crippen LogP contribution in [0.2, 0.25) is 0 Å². The van der Waals surface area contributed by atoms with Gasteiger partial charge in [-0.25, -0.2) is 0 Å². The van der Waals surface area contributed by atoms with Gasteiger partial charge in [0, 0.05) is 5.69 Å². The molecule has 1 aliphatic heterocycles. The number of imide groups is 1. The number of hydrogen-bond donors (Lipinski definition) is 1. The lowest BCUT2D eigenvalue weighted by atomic mass is 10.0. The van der Waals surface area contributed by atoms with Gasteiger partial charge in [0.15, 0.2) is 18.1 Å². The number of thioether (sulfide) groups is 1. The number of halogens is 1. The quantitative estimate of drug-likeness (QED) is 0.198. The molecule has 0 bridgehead atoms. The normalized spacial score (nSPS) is 14.0. The van der Waals surface area contributed by atoms with Gasteiger partial charge in [-0.2, -0.15) is 0 Å². The van der Waals surface area contributed by atoms with Crippen LogP contribution in [0.15, 0.2) is 64.0 Å². The van der Waals surface area contributed by atoms with Gasteiger partial charge in [0.1, 0.15) is 12.4 Å². The Morgan fingerprint density at radius 2 is 1.77 bits per heavy atom. The minimum atomic E-state index is -0.380. The topological polar surface area (TPSA) is 94.2 Å². The lowest BCUT2D eigenvalue weighted by molar-refractivity contribution is -0.123. The molecular formula is C33H35BrN2O6S. The maximum atomic E-state index is 13.2. The highest BCUT2D eigenvalue weighted by Crippen LogP contribution is 2.39. The molecule has 1 saturated heterocycles. The molecule has 0 radical (unpaired) electrons. The van der Waals surface area contributed by atoms with E-state index in [1.807, 2.05) is 63.2 Å². The zero-order chi connectivity index (χ0) is 31.1. The zero-order valence-corrected chi connectivity index (χ0v) is 27.3. The number of anilines is 1. The largest absolute Gasteiger partial charge is 0.491 e. The Labute approximate surface area is 264 Å². The summed E-state index contributed by atoms with van der Waals surface area (Å²) < 4.78 is 18.2. The second kappa shape index (κ2) is 14.6. The molecule has 0 aromatic heterocycles. The van der Waals surface area contributed by atoms with Crippen molar-refractivity contribution >= 4 is 56.5 Å². The number of carbonyl (C=O) groups excluding carboxylic acids is 3. The first kappa shape index (κ1) is 32.2. The number of nitrogens with zero attached hydrogens (tertiary/aromatic N) is 1. The van der Waals surface area contributed by atoms with Crippen molar-refractivity contribution in [3.63, 3.8) is 0 Å². The molecule has 1 aliphatic rings. The third-order valence-corrected chi connectivity index (χ3v) is 8.01. The number of rotatable bonds is 12. The third kappa shape index (κ3) is 8.42. The molecule has 3 aromatic carbocycles. The number of hydrogen-bond acceptors (Lipinski definition) is 7. The van der Waals surface area contributed by atoms with Crippen LogP contribution < -0.4 is 19.5 Å². The Kier molecular flexibility index (Phi) is 10.9. The number of benzene rings is 3. The van der Waals surface area contributed by atoms with E-state index in [-0.39, 0.29) is 42.7 Å². The van der Waals surface area contributed by atoms with Gasteiger partial charge in [-0.1, -0.05) is 38.1 Å². The van der Waals surface area contributed by atoms with Crippen LogP contribution in [0.5, 0.6) is 17.2 Å². The molecule has 3 aromatic rings. The number of nitrogens with one attached hydrogen (secondary N) is 1. The molecule has 4 rings (SSSR count). The number of amides is 3.